The lowest BCUT2D eigenvalue weighted by Gasteiger charge is -2.62. The second-order valence-corrected chi connectivity index (χ2v) is 11.4. The Hall–Kier alpha value is -1.51. The van der Waals surface area contributed by atoms with Crippen molar-refractivity contribution in [3.8, 4) is 0 Å². The third-order valence-corrected chi connectivity index (χ3v) is 9.28. The fourth-order valence-corrected chi connectivity index (χ4v) is 7.53. The van der Waals surface area contributed by atoms with Gasteiger partial charge in [0.25, 0.3) is 0 Å². The number of carboxylic acids is 1. The van der Waals surface area contributed by atoms with E-state index in [2.05, 4.69) is 0 Å². The minimum atomic E-state index is -2.36. The van der Waals surface area contributed by atoms with Crippen molar-refractivity contribution >= 4 is 40.9 Å². The zero-order valence-corrected chi connectivity index (χ0v) is 19.9. The van der Waals surface area contributed by atoms with E-state index in [-0.39, 0.29) is 24.8 Å². The number of aliphatic hydroxyl groups is 1. The standard InChI is InChI=1S/C23H26Cl2F2O6/c1-10-6-12-13-8-15(26)14-7-11(28)4-5-20(14,2)22(13,27)16(29)9-21(12,3)23(10,19(31)32)33-18(30)17(24)25/h4-5,7,10,12-13,15-17,29H,6,8-9H2,1-3H3,(H,31,32)/t10-,12-,13-,15-,16-,20-,21-,22-,23+/m0/s1. The average Bonchev–Trinajstić information content (AvgIpc) is 2.93. The highest BCUT2D eigenvalue weighted by molar-refractivity contribution is 6.53. The van der Waals surface area contributed by atoms with Gasteiger partial charge < -0.3 is 14.9 Å². The number of hydrogen-bond acceptors (Lipinski definition) is 5. The first-order valence-corrected chi connectivity index (χ1v) is 11.7. The molecule has 0 radical (unpaired) electrons. The molecule has 0 saturated heterocycles. The van der Waals surface area contributed by atoms with Crippen molar-refractivity contribution in [3.63, 3.8) is 0 Å². The van der Waals surface area contributed by atoms with Crippen LogP contribution in [0, 0.1) is 28.6 Å². The van der Waals surface area contributed by atoms with Gasteiger partial charge in [0.15, 0.2) is 11.5 Å². The Balaban J connectivity index is 1.87. The second kappa shape index (κ2) is 7.49. The lowest BCUT2D eigenvalue weighted by molar-refractivity contribution is -0.236. The molecule has 0 amide bonds. The summed E-state index contributed by atoms with van der Waals surface area (Å²) in [6.45, 7) is 4.56. The van der Waals surface area contributed by atoms with Gasteiger partial charge in [-0.05, 0) is 49.8 Å². The maximum absolute atomic E-state index is 17.1. The van der Waals surface area contributed by atoms with Gasteiger partial charge in [0, 0.05) is 22.7 Å². The van der Waals surface area contributed by atoms with Crippen LogP contribution in [0.4, 0.5) is 8.78 Å². The average molecular weight is 507 g/mol. The Bertz CT molecular complexity index is 984. The third-order valence-electron chi connectivity index (χ3n) is 8.93. The number of rotatable bonds is 3. The number of ketones is 1. The molecular formula is C23H26Cl2F2O6. The number of halogens is 4. The molecule has 33 heavy (non-hydrogen) atoms. The highest BCUT2D eigenvalue weighted by atomic mass is 35.5. The summed E-state index contributed by atoms with van der Waals surface area (Å²) in [7, 11) is 0. The summed E-state index contributed by atoms with van der Waals surface area (Å²) in [5, 5.41) is 21.5. The van der Waals surface area contributed by atoms with Crippen LogP contribution < -0.4 is 0 Å². The Morgan fingerprint density at radius 3 is 2.45 bits per heavy atom. The minimum absolute atomic E-state index is 0.0227. The molecule has 3 saturated carbocycles. The van der Waals surface area contributed by atoms with Gasteiger partial charge in [0.1, 0.15) is 6.17 Å². The summed E-state index contributed by atoms with van der Waals surface area (Å²) in [4.78, 5) is 35.2. The van der Waals surface area contributed by atoms with Crippen LogP contribution in [0.1, 0.15) is 40.0 Å². The summed E-state index contributed by atoms with van der Waals surface area (Å²) in [5.41, 5.74) is -7.54. The Kier molecular flexibility index (Phi) is 5.59. The molecular weight excluding hydrogens is 481 g/mol. The van der Waals surface area contributed by atoms with Crippen LogP contribution in [0.2, 0.25) is 0 Å². The maximum Gasteiger partial charge on any atom is 0.349 e. The van der Waals surface area contributed by atoms with Crippen molar-refractivity contribution in [1.29, 1.82) is 0 Å². The van der Waals surface area contributed by atoms with Crippen molar-refractivity contribution in [3.05, 3.63) is 23.8 Å². The van der Waals surface area contributed by atoms with E-state index < -0.39 is 74.7 Å². The molecule has 2 N–H and O–H groups in total. The summed E-state index contributed by atoms with van der Waals surface area (Å²) < 4.78 is 37.9. The molecule has 0 aromatic heterocycles. The van der Waals surface area contributed by atoms with Crippen molar-refractivity contribution in [2.24, 2.45) is 28.6 Å². The first-order valence-electron chi connectivity index (χ1n) is 10.9. The number of esters is 1. The number of alkyl halides is 4. The molecule has 0 aliphatic heterocycles. The fourth-order valence-electron chi connectivity index (χ4n) is 7.44. The van der Waals surface area contributed by atoms with Gasteiger partial charge in [0.05, 0.1) is 6.10 Å². The van der Waals surface area contributed by atoms with E-state index in [4.69, 9.17) is 27.9 Å². The molecule has 9 atom stereocenters. The lowest BCUT2D eigenvalue weighted by atomic mass is 9.44. The van der Waals surface area contributed by atoms with Crippen molar-refractivity contribution in [2.75, 3.05) is 0 Å². The third kappa shape index (κ3) is 2.89. The lowest BCUT2D eigenvalue weighted by Crippen LogP contribution is -2.71. The molecule has 0 bridgehead atoms. The van der Waals surface area contributed by atoms with E-state index in [1.54, 1.807) is 6.92 Å². The molecule has 0 heterocycles. The number of carbonyl (C=O) groups excluding carboxylic acids is 2. The molecule has 6 nitrogen and oxygen atoms in total. The summed E-state index contributed by atoms with van der Waals surface area (Å²) >= 11 is 11.3. The molecule has 0 aromatic carbocycles. The van der Waals surface area contributed by atoms with Gasteiger partial charge in [-0.1, -0.05) is 43.1 Å². The normalized spacial score (nSPS) is 48.6. The van der Waals surface area contributed by atoms with Crippen molar-refractivity contribution in [1.82, 2.24) is 0 Å². The monoisotopic (exact) mass is 506 g/mol. The van der Waals surface area contributed by atoms with Crippen LogP contribution in [-0.2, 0) is 19.1 Å². The van der Waals surface area contributed by atoms with Gasteiger partial charge in [-0.15, -0.1) is 0 Å². The van der Waals surface area contributed by atoms with E-state index in [0.29, 0.717) is 0 Å². The molecule has 4 aliphatic carbocycles. The van der Waals surface area contributed by atoms with Crippen LogP contribution in [0.25, 0.3) is 0 Å². The Morgan fingerprint density at radius 2 is 1.88 bits per heavy atom. The highest BCUT2D eigenvalue weighted by Gasteiger charge is 2.78. The Morgan fingerprint density at radius 1 is 1.24 bits per heavy atom. The summed E-state index contributed by atoms with van der Waals surface area (Å²) in [6.07, 6.45) is -0.367. The minimum Gasteiger partial charge on any atom is -0.478 e. The van der Waals surface area contributed by atoms with Gasteiger partial charge in [-0.2, -0.15) is 0 Å². The van der Waals surface area contributed by atoms with Gasteiger partial charge in [-0.3, -0.25) is 4.79 Å². The molecule has 0 aromatic rings. The largest absolute Gasteiger partial charge is 0.478 e. The number of aliphatic carboxylic acids is 1. The van der Waals surface area contributed by atoms with E-state index in [0.717, 1.165) is 6.08 Å². The topological polar surface area (TPSA) is 101 Å². The molecule has 4 rings (SSSR count). The van der Waals surface area contributed by atoms with Crippen LogP contribution >= 0.6 is 23.2 Å². The Labute approximate surface area is 199 Å². The van der Waals surface area contributed by atoms with E-state index in [1.807, 2.05) is 0 Å². The van der Waals surface area contributed by atoms with Crippen LogP contribution in [0.3, 0.4) is 0 Å². The molecule has 10 heteroatoms. The number of fused-ring (bicyclic) bond motifs is 5. The van der Waals surface area contributed by atoms with Crippen molar-refractivity contribution in [2.45, 2.75) is 68.4 Å². The van der Waals surface area contributed by atoms with Crippen LogP contribution in [0.15, 0.2) is 23.8 Å². The SMILES string of the molecule is C[C@H]1C[C@H]2[C@@H]3C[C@H](F)C4=CC(=O)C=C[C@]4(C)[C@@]3(F)[C@@H](O)C[C@]2(C)[C@]1(OC(=O)C(Cl)Cl)C(=O)O. The van der Waals surface area contributed by atoms with Gasteiger partial charge >= 0.3 is 11.9 Å². The van der Waals surface area contributed by atoms with E-state index >= 15 is 8.78 Å². The number of carbonyl (C=O) groups is 3. The maximum atomic E-state index is 17.1. The van der Waals surface area contributed by atoms with Gasteiger partial charge in [-0.25, -0.2) is 18.4 Å². The first kappa shape index (κ1) is 24.6. The number of carboxylic acid groups (broad SMARTS) is 1. The number of aliphatic hydroxyl groups excluding tert-OH is 1. The van der Waals surface area contributed by atoms with Crippen LogP contribution in [0.5, 0.6) is 0 Å². The van der Waals surface area contributed by atoms with E-state index in [9.17, 15) is 24.6 Å². The molecule has 3 fully saturated rings. The van der Waals surface area contributed by atoms with Crippen LogP contribution in [-0.4, -0.2) is 56.3 Å². The quantitative estimate of drug-likeness (QED) is 0.446. The fraction of sp³-hybridized carbons (Fsp3) is 0.696. The zero-order valence-electron chi connectivity index (χ0n) is 18.4. The van der Waals surface area contributed by atoms with E-state index in [1.165, 1.54) is 26.0 Å². The molecule has 0 spiro atoms. The highest BCUT2D eigenvalue weighted by Crippen LogP contribution is 2.71. The number of ether oxygens (including phenoxy) is 1. The summed E-state index contributed by atoms with van der Waals surface area (Å²) in [5.74, 6) is -5.68. The zero-order chi connectivity index (χ0) is 24.7. The predicted molar refractivity (Wildman–Crippen MR) is 115 cm³/mol. The first-order chi connectivity index (χ1) is 15.2. The van der Waals surface area contributed by atoms with Gasteiger partial charge in [0.2, 0.25) is 10.4 Å². The predicted octanol–water partition coefficient (Wildman–Crippen LogP) is 3.72. The summed E-state index contributed by atoms with van der Waals surface area (Å²) in [6, 6.07) is 0. The van der Waals surface area contributed by atoms with Crippen molar-refractivity contribution < 1.29 is 38.1 Å². The number of hydrogen-bond donors (Lipinski definition) is 2. The number of allylic oxidation sites excluding steroid dienone is 4. The molecule has 182 valence electrons. The smallest absolute Gasteiger partial charge is 0.349 e. The second-order valence-electron chi connectivity index (χ2n) is 10.3. The molecule has 0 unspecified atom stereocenters. The molecule has 4 aliphatic rings.